The van der Waals surface area contributed by atoms with Gasteiger partial charge in [-0.2, -0.15) is 0 Å². The molecule has 24 heavy (non-hydrogen) atoms. The number of ether oxygens (including phenoxy) is 1. The predicted octanol–water partition coefficient (Wildman–Crippen LogP) is 2.57. The average Bonchev–Trinajstić information content (AvgIpc) is 2.61. The van der Waals surface area contributed by atoms with Crippen molar-refractivity contribution in [3.63, 3.8) is 0 Å². The molecule has 0 aliphatic carbocycles. The van der Waals surface area contributed by atoms with E-state index in [1.807, 2.05) is 18.2 Å². The first-order valence-electron chi connectivity index (χ1n) is 7.48. The lowest BCUT2D eigenvalue weighted by molar-refractivity contribution is -0.120. The number of hydrogen-bond donors (Lipinski definition) is 2. The summed E-state index contributed by atoms with van der Waals surface area (Å²) < 4.78 is 5.38. The van der Waals surface area contributed by atoms with E-state index in [0.717, 1.165) is 5.56 Å². The Morgan fingerprint density at radius 1 is 1.08 bits per heavy atom. The first kappa shape index (κ1) is 18.0. The fourth-order valence-corrected chi connectivity index (χ4v) is 2.36. The van der Waals surface area contributed by atoms with Crippen molar-refractivity contribution in [2.75, 3.05) is 20.2 Å². The average molecular weight is 347 g/mol. The third-order valence-corrected chi connectivity index (χ3v) is 3.67. The van der Waals surface area contributed by atoms with Crippen LogP contribution in [0.1, 0.15) is 22.0 Å². The van der Waals surface area contributed by atoms with Gasteiger partial charge in [0.05, 0.1) is 12.6 Å². The van der Waals surface area contributed by atoms with Crippen molar-refractivity contribution < 1.29 is 14.3 Å². The summed E-state index contributed by atoms with van der Waals surface area (Å²) in [7, 11) is 1.56. The Labute approximate surface area is 146 Å². The van der Waals surface area contributed by atoms with Gasteiger partial charge in [0.25, 0.3) is 5.91 Å². The second-order valence-corrected chi connectivity index (χ2v) is 5.57. The van der Waals surface area contributed by atoms with Crippen molar-refractivity contribution in [2.24, 2.45) is 0 Å². The van der Waals surface area contributed by atoms with E-state index in [-0.39, 0.29) is 31.0 Å². The highest BCUT2D eigenvalue weighted by molar-refractivity contribution is 6.30. The molecular formula is C18H19ClN2O3. The third kappa shape index (κ3) is 5.37. The van der Waals surface area contributed by atoms with Gasteiger partial charge >= 0.3 is 0 Å². The van der Waals surface area contributed by atoms with Gasteiger partial charge in [0.1, 0.15) is 0 Å². The highest BCUT2D eigenvalue weighted by atomic mass is 35.5. The van der Waals surface area contributed by atoms with Crippen LogP contribution in [-0.4, -0.2) is 32.0 Å². The van der Waals surface area contributed by atoms with Gasteiger partial charge in [-0.25, -0.2) is 0 Å². The molecule has 0 bridgehead atoms. The zero-order valence-corrected chi connectivity index (χ0v) is 14.0. The molecule has 2 aromatic rings. The van der Waals surface area contributed by atoms with E-state index in [2.05, 4.69) is 10.6 Å². The number of hydrogen-bond acceptors (Lipinski definition) is 3. The van der Waals surface area contributed by atoms with Gasteiger partial charge in [-0.05, 0) is 29.8 Å². The maximum absolute atomic E-state index is 11.9. The molecule has 2 rings (SSSR count). The molecule has 0 aromatic heterocycles. The molecule has 0 fully saturated rings. The molecule has 5 nitrogen and oxygen atoms in total. The van der Waals surface area contributed by atoms with Gasteiger partial charge < -0.3 is 15.4 Å². The number of methoxy groups -OCH3 is 1. The van der Waals surface area contributed by atoms with Gasteiger partial charge in [-0.1, -0.05) is 41.9 Å². The minimum absolute atomic E-state index is 0.0975. The van der Waals surface area contributed by atoms with Gasteiger partial charge in [-0.15, -0.1) is 0 Å². The molecular weight excluding hydrogens is 328 g/mol. The molecule has 2 amide bonds. The van der Waals surface area contributed by atoms with Crippen LogP contribution >= 0.6 is 11.6 Å². The predicted molar refractivity (Wildman–Crippen MR) is 93.0 cm³/mol. The second-order valence-electron chi connectivity index (χ2n) is 5.13. The summed E-state index contributed by atoms with van der Waals surface area (Å²) in [6.07, 6.45) is -0.308. The molecule has 2 N–H and O–H groups in total. The summed E-state index contributed by atoms with van der Waals surface area (Å²) in [6.45, 7) is 0.191. The summed E-state index contributed by atoms with van der Waals surface area (Å²) >= 11 is 5.96. The van der Waals surface area contributed by atoms with E-state index in [4.69, 9.17) is 16.3 Å². The Hall–Kier alpha value is -2.37. The van der Waals surface area contributed by atoms with E-state index in [9.17, 15) is 9.59 Å². The minimum Gasteiger partial charge on any atom is -0.375 e. The largest absolute Gasteiger partial charge is 0.375 e. The molecule has 6 heteroatoms. The Kier molecular flexibility index (Phi) is 6.78. The standard InChI is InChI=1S/C18H19ClN2O3/c1-24-16(14-8-5-9-15(19)10-14)11-20-17(22)12-21-18(23)13-6-3-2-4-7-13/h2-10,16H,11-12H2,1H3,(H,20,22)(H,21,23)/t16-/m0/s1. The van der Waals surface area contributed by atoms with Crippen LogP contribution in [0.2, 0.25) is 5.02 Å². The molecule has 1 atom stereocenters. The van der Waals surface area contributed by atoms with E-state index in [0.29, 0.717) is 10.6 Å². The normalized spacial score (nSPS) is 11.6. The van der Waals surface area contributed by atoms with E-state index in [1.54, 1.807) is 43.5 Å². The van der Waals surface area contributed by atoms with Crippen molar-refractivity contribution in [3.05, 3.63) is 70.7 Å². The van der Waals surface area contributed by atoms with Crippen molar-refractivity contribution in [1.29, 1.82) is 0 Å². The van der Waals surface area contributed by atoms with Crippen LogP contribution in [0.4, 0.5) is 0 Å². The highest BCUT2D eigenvalue weighted by Gasteiger charge is 2.13. The summed E-state index contributed by atoms with van der Waals surface area (Å²) in [4.78, 5) is 23.8. The summed E-state index contributed by atoms with van der Waals surface area (Å²) in [6, 6.07) is 16.0. The van der Waals surface area contributed by atoms with Crippen LogP contribution < -0.4 is 10.6 Å². The Balaban J connectivity index is 1.80. The number of halogens is 1. The van der Waals surface area contributed by atoms with Gasteiger partial charge in [-0.3, -0.25) is 9.59 Å². The molecule has 0 aliphatic heterocycles. The molecule has 126 valence electrons. The fourth-order valence-electron chi connectivity index (χ4n) is 2.17. The summed E-state index contributed by atoms with van der Waals surface area (Å²) in [5, 5.41) is 5.92. The monoisotopic (exact) mass is 346 g/mol. The fraction of sp³-hybridized carbons (Fsp3) is 0.222. The summed E-state index contributed by atoms with van der Waals surface area (Å²) in [5.74, 6) is -0.577. The SMILES string of the molecule is CO[C@@H](CNC(=O)CNC(=O)c1ccccc1)c1cccc(Cl)c1. The zero-order chi connectivity index (χ0) is 17.4. The maximum atomic E-state index is 11.9. The lowest BCUT2D eigenvalue weighted by atomic mass is 10.1. The molecule has 0 heterocycles. The van der Waals surface area contributed by atoms with E-state index < -0.39 is 0 Å². The molecule has 0 saturated carbocycles. The van der Waals surface area contributed by atoms with Crippen molar-refractivity contribution >= 4 is 23.4 Å². The first-order chi connectivity index (χ1) is 11.6. The number of carbonyl (C=O) groups is 2. The quantitative estimate of drug-likeness (QED) is 0.809. The Bertz CT molecular complexity index is 692. The van der Waals surface area contributed by atoms with Gasteiger partial charge in [0, 0.05) is 24.2 Å². The van der Waals surface area contributed by atoms with E-state index >= 15 is 0 Å². The van der Waals surface area contributed by atoms with Crippen LogP contribution in [0, 0.1) is 0 Å². The number of benzene rings is 2. The molecule has 0 aliphatic rings. The molecule has 0 saturated heterocycles. The third-order valence-electron chi connectivity index (χ3n) is 3.44. The Morgan fingerprint density at radius 2 is 1.83 bits per heavy atom. The number of amides is 2. The Morgan fingerprint density at radius 3 is 2.50 bits per heavy atom. The second kappa shape index (κ2) is 9.05. The number of rotatable bonds is 7. The van der Waals surface area contributed by atoms with Crippen molar-refractivity contribution in [2.45, 2.75) is 6.10 Å². The van der Waals surface area contributed by atoms with Crippen molar-refractivity contribution in [1.82, 2.24) is 10.6 Å². The molecule has 0 unspecified atom stereocenters. The zero-order valence-electron chi connectivity index (χ0n) is 13.3. The topological polar surface area (TPSA) is 67.4 Å². The van der Waals surface area contributed by atoms with Crippen molar-refractivity contribution in [3.8, 4) is 0 Å². The lowest BCUT2D eigenvalue weighted by Crippen LogP contribution is -2.38. The van der Waals surface area contributed by atoms with Crippen LogP contribution in [0.25, 0.3) is 0 Å². The maximum Gasteiger partial charge on any atom is 0.251 e. The molecule has 2 aromatic carbocycles. The van der Waals surface area contributed by atoms with Gasteiger partial charge in [0.15, 0.2) is 0 Å². The van der Waals surface area contributed by atoms with Crippen LogP contribution in [0.5, 0.6) is 0 Å². The molecule has 0 spiro atoms. The smallest absolute Gasteiger partial charge is 0.251 e. The first-order valence-corrected chi connectivity index (χ1v) is 7.86. The minimum atomic E-state index is -0.308. The van der Waals surface area contributed by atoms with Crippen LogP contribution in [0.3, 0.4) is 0 Å². The highest BCUT2D eigenvalue weighted by Crippen LogP contribution is 2.19. The summed E-state index contributed by atoms with van der Waals surface area (Å²) in [5.41, 5.74) is 1.39. The van der Waals surface area contributed by atoms with Gasteiger partial charge in [0.2, 0.25) is 5.91 Å². The van der Waals surface area contributed by atoms with Crippen LogP contribution in [0.15, 0.2) is 54.6 Å². The van der Waals surface area contributed by atoms with Crippen LogP contribution in [-0.2, 0) is 9.53 Å². The molecule has 0 radical (unpaired) electrons. The lowest BCUT2D eigenvalue weighted by Gasteiger charge is -2.17. The van der Waals surface area contributed by atoms with E-state index in [1.165, 1.54) is 0 Å². The number of nitrogens with one attached hydrogen (secondary N) is 2. The number of carbonyl (C=O) groups excluding carboxylic acids is 2.